The molecule has 0 aromatic heterocycles. The lowest BCUT2D eigenvalue weighted by Gasteiger charge is -2.02. The van der Waals surface area contributed by atoms with Crippen molar-refractivity contribution in [3.63, 3.8) is 0 Å². The molecule has 0 radical (unpaired) electrons. The van der Waals surface area contributed by atoms with Crippen LogP contribution >= 0.6 is 60.9 Å². The third-order valence-corrected chi connectivity index (χ3v) is 14.2. The molecule has 1 saturated heterocycles. The van der Waals surface area contributed by atoms with Gasteiger partial charge in [-0.25, -0.2) is 0 Å². The van der Waals surface area contributed by atoms with Crippen LogP contribution in [0, 0.1) is 0 Å². The lowest BCUT2D eigenvalue weighted by molar-refractivity contribution is 0.555. The van der Waals surface area contributed by atoms with Crippen molar-refractivity contribution in [2.45, 2.75) is 70.6 Å². The molecule has 0 aromatic carbocycles. The fourth-order valence-electron chi connectivity index (χ4n) is 2.04. The van der Waals surface area contributed by atoms with E-state index in [1.54, 1.807) is 0 Å². The highest BCUT2D eigenvalue weighted by Crippen LogP contribution is 2.52. The fraction of sp³-hybridized carbons (Fsp3) is 1.00. The zero-order valence-corrected chi connectivity index (χ0v) is 16.5. The molecule has 0 unspecified atom stereocenters. The SMILES string of the molecule is C1CCCCCCSSSSSSCCCCCC1. The van der Waals surface area contributed by atoms with Gasteiger partial charge < -0.3 is 0 Å². The van der Waals surface area contributed by atoms with E-state index in [0.717, 1.165) is 0 Å². The molecule has 0 bridgehead atoms. The lowest BCUT2D eigenvalue weighted by atomic mass is 10.1. The summed E-state index contributed by atoms with van der Waals surface area (Å²) in [5.41, 5.74) is 0. The van der Waals surface area contributed by atoms with Crippen LogP contribution in [0.3, 0.4) is 0 Å². The van der Waals surface area contributed by atoms with Gasteiger partial charge in [-0.1, -0.05) is 79.4 Å². The predicted molar refractivity (Wildman–Crippen MR) is 106 cm³/mol. The van der Waals surface area contributed by atoms with Gasteiger partial charge in [0.05, 0.1) is 0 Å². The summed E-state index contributed by atoms with van der Waals surface area (Å²) in [7, 11) is 11.9. The van der Waals surface area contributed by atoms with Crippen LogP contribution in [0.15, 0.2) is 0 Å². The standard InChI is InChI=1S/C13H26S6/c1-2-4-6-8-10-12-14-16-18-19-17-15-13-11-9-7-5-3-1/h1-13H2. The van der Waals surface area contributed by atoms with E-state index in [9.17, 15) is 0 Å². The first kappa shape index (κ1) is 19.1. The Kier molecular flexibility index (Phi) is 16.6. The van der Waals surface area contributed by atoms with Crippen molar-refractivity contribution >= 4 is 60.9 Å². The highest BCUT2D eigenvalue weighted by Gasteiger charge is 1.98. The van der Waals surface area contributed by atoms with Crippen LogP contribution < -0.4 is 0 Å². The van der Waals surface area contributed by atoms with Crippen molar-refractivity contribution in [3.8, 4) is 0 Å². The largest absolute Gasteiger partial charge is 0.0817 e. The Morgan fingerprint density at radius 2 is 0.632 bits per heavy atom. The van der Waals surface area contributed by atoms with E-state index in [2.05, 4.69) is 0 Å². The fourth-order valence-corrected chi connectivity index (χ4v) is 13.8. The maximum atomic E-state index is 2.04. The number of hydrogen-bond acceptors (Lipinski definition) is 6. The van der Waals surface area contributed by atoms with Crippen LogP contribution in [0.4, 0.5) is 0 Å². The monoisotopic (exact) mass is 374 g/mol. The molecule has 0 aliphatic carbocycles. The van der Waals surface area contributed by atoms with Crippen molar-refractivity contribution in [2.24, 2.45) is 0 Å². The third kappa shape index (κ3) is 14.8. The van der Waals surface area contributed by atoms with E-state index < -0.39 is 0 Å². The lowest BCUT2D eigenvalue weighted by Crippen LogP contribution is -1.84. The van der Waals surface area contributed by atoms with E-state index in [1.165, 1.54) is 82.1 Å². The second kappa shape index (κ2) is 16.5. The van der Waals surface area contributed by atoms with E-state index in [4.69, 9.17) is 0 Å². The molecule has 114 valence electrons. The summed E-state index contributed by atoms with van der Waals surface area (Å²) < 4.78 is 0. The predicted octanol–water partition coefficient (Wildman–Crippen LogP) is 8.27. The second-order valence-corrected chi connectivity index (χ2v) is 14.6. The van der Waals surface area contributed by atoms with Gasteiger partial charge in [0.2, 0.25) is 0 Å². The Balaban J connectivity index is 2.01. The zero-order chi connectivity index (χ0) is 13.4. The molecule has 0 atom stereocenters. The maximum Gasteiger partial charge on any atom is 0.00454 e. The Morgan fingerprint density at radius 1 is 0.316 bits per heavy atom. The van der Waals surface area contributed by atoms with Crippen molar-refractivity contribution in [3.05, 3.63) is 0 Å². The first-order chi connectivity index (χ1) is 9.50. The second-order valence-electron chi connectivity index (χ2n) is 4.81. The molecule has 1 aliphatic heterocycles. The van der Waals surface area contributed by atoms with E-state index in [1.807, 2.05) is 60.9 Å². The smallest absolute Gasteiger partial charge is 0.00454 e. The van der Waals surface area contributed by atoms with E-state index >= 15 is 0 Å². The zero-order valence-electron chi connectivity index (χ0n) is 11.6. The van der Waals surface area contributed by atoms with Gasteiger partial charge in [0.25, 0.3) is 0 Å². The van der Waals surface area contributed by atoms with Gasteiger partial charge in [0.15, 0.2) is 0 Å². The van der Waals surface area contributed by atoms with Crippen LogP contribution in [0.1, 0.15) is 70.6 Å². The minimum absolute atomic E-state index is 1.33. The van der Waals surface area contributed by atoms with Crippen LogP contribution in [0.2, 0.25) is 0 Å². The summed E-state index contributed by atoms with van der Waals surface area (Å²) in [6.45, 7) is 0. The molecule has 0 amide bonds. The molecule has 0 aromatic rings. The molecular weight excluding hydrogens is 349 g/mol. The van der Waals surface area contributed by atoms with Gasteiger partial charge in [-0.15, -0.1) is 0 Å². The molecule has 0 saturated carbocycles. The average molecular weight is 375 g/mol. The minimum Gasteiger partial charge on any atom is -0.0817 e. The van der Waals surface area contributed by atoms with Crippen LogP contribution in [-0.4, -0.2) is 11.5 Å². The summed E-state index contributed by atoms with van der Waals surface area (Å²) in [5.74, 6) is 2.66. The van der Waals surface area contributed by atoms with E-state index in [0.29, 0.717) is 0 Å². The van der Waals surface area contributed by atoms with Crippen molar-refractivity contribution in [1.29, 1.82) is 0 Å². The van der Waals surface area contributed by atoms with Crippen molar-refractivity contribution in [1.82, 2.24) is 0 Å². The quantitative estimate of drug-likeness (QED) is 0.388. The number of hydrogen-bond donors (Lipinski definition) is 0. The van der Waals surface area contributed by atoms with Crippen LogP contribution in [0.5, 0.6) is 0 Å². The molecule has 1 heterocycles. The molecule has 0 spiro atoms. The van der Waals surface area contributed by atoms with Crippen LogP contribution in [-0.2, 0) is 0 Å². The van der Waals surface area contributed by atoms with Crippen molar-refractivity contribution < 1.29 is 0 Å². The van der Waals surface area contributed by atoms with Gasteiger partial charge >= 0.3 is 0 Å². The Bertz CT molecular complexity index is 97.8. The third-order valence-electron chi connectivity index (χ3n) is 3.13. The molecule has 6 heteroatoms. The normalized spacial score (nSPS) is 24.0. The molecule has 19 heavy (non-hydrogen) atoms. The van der Waals surface area contributed by atoms with Gasteiger partial charge in [0, 0.05) is 11.5 Å². The van der Waals surface area contributed by atoms with E-state index in [-0.39, 0.29) is 0 Å². The Labute approximate surface area is 142 Å². The molecule has 0 nitrogen and oxygen atoms in total. The minimum atomic E-state index is 1.33. The van der Waals surface area contributed by atoms with Gasteiger partial charge in [0.1, 0.15) is 0 Å². The first-order valence-corrected chi connectivity index (χ1v) is 15.2. The average Bonchev–Trinajstić information content (AvgIpc) is 2.43. The Hall–Kier alpha value is 2.10. The first-order valence-electron chi connectivity index (χ1n) is 7.41. The highest BCUT2D eigenvalue weighted by atomic mass is 33.9. The summed E-state index contributed by atoms with van der Waals surface area (Å²) >= 11 is 0. The summed E-state index contributed by atoms with van der Waals surface area (Å²) in [5, 5.41) is 0. The highest BCUT2D eigenvalue weighted by molar-refractivity contribution is 9.41. The van der Waals surface area contributed by atoms with Gasteiger partial charge in [-0.05, 0) is 52.1 Å². The summed E-state index contributed by atoms with van der Waals surface area (Å²) in [6.07, 6.45) is 16.0. The maximum absolute atomic E-state index is 2.04. The van der Waals surface area contributed by atoms with Gasteiger partial charge in [-0.2, -0.15) is 0 Å². The molecule has 1 fully saturated rings. The molecule has 0 N–H and O–H groups in total. The summed E-state index contributed by atoms with van der Waals surface area (Å²) in [6, 6.07) is 0. The Morgan fingerprint density at radius 3 is 1.00 bits per heavy atom. The molecule has 1 rings (SSSR count). The summed E-state index contributed by atoms with van der Waals surface area (Å²) in [4.78, 5) is 0. The molecule has 1 aliphatic rings. The molecular formula is C13H26S6. The van der Waals surface area contributed by atoms with Gasteiger partial charge in [-0.3, -0.25) is 0 Å². The topological polar surface area (TPSA) is 0 Å². The number of rotatable bonds is 0. The van der Waals surface area contributed by atoms with Crippen LogP contribution in [0.25, 0.3) is 0 Å². The van der Waals surface area contributed by atoms with Crippen molar-refractivity contribution in [2.75, 3.05) is 11.5 Å².